The van der Waals surface area contributed by atoms with E-state index in [1.165, 1.54) is 23.2 Å². The molecule has 0 aliphatic rings. The largest absolute Gasteiger partial charge is 0.477 e. The zero-order chi connectivity index (χ0) is 12.2. The molecule has 0 aromatic carbocycles. The van der Waals surface area contributed by atoms with Gasteiger partial charge >= 0.3 is 5.97 Å². The fraction of sp³-hybridized carbons (Fsp3) is 0.375. The highest BCUT2D eigenvalue weighted by molar-refractivity contribution is 7.98. The predicted molar refractivity (Wildman–Crippen MR) is 64.8 cm³/mol. The van der Waals surface area contributed by atoms with Crippen LogP contribution in [0.15, 0.2) is 16.3 Å². The minimum Gasteiger partial charge on any atom is -0.477 e. The normalized spacial score (nSPS) is 11.6. The summed E-state index contributed by atoms with van der Waals surface area (Å²) < 4.78 is 25.8. The first-order valence-corrected chi connectivity index (χ1v) is 8.04. The van der Waals surface area contributed by atoms with Crippen LogP contribution in [0.2, 0.25) is 0 Å². The molecule has 0 fully saturated rings. The molecule has 0 atom stereocenters. The lowest BCUT2D eigenvalue weighted by Gasteiger charge is -2.04. The lowest BCUT2D eigenvalue weighted by atomic mass is 10.5. The van der Waals surface area contributed by atoms with Gasteiger partial charge in [-0.05, 0) is 17.7 Å². The van der Waals surface area contributed by atoms with E-state index in [1.54, 1.807) is 0 Å². The second-order valence-corrected chi connectivity index (χ2v) is 6.45. The topological polar surface area (TPSA) is 83.5 Å². The molecular weight excluding hydrogens is 270 g/mol. The van der Waals surface area contributed by atoms with E-state index in [0.29, 0.717) is 12.3 Å². The zero-order valence-corrected chi connectivity index (χ0v) is 10.9. The Morgan fingerprint density at radius 2 is 2.31 bits per heavy atom. The van der Waals surface area contributed by atoms with Crippen molar-refractivity contribution >= 4 is 39.1 Å². The number of rotatable bonds is 6. The van der Waals surface area contributed by atoms with E-state index in [0.717, 1.165) is 11.3 Å². The molecule has 0 bridgehead atoms. The maximum Gasteiger partial charge on any atom is 0.347 e. The molecule has 90 valence electrons. The molecular formula is C8H11NO4S3. The Kier molecular flexibility index (Phi) is 4.78. The molecule has 0 unspecified atom stereocenters. The maximum atomic E-state index is 11.7. The molecule has 0 aliphatic carbocycles. The molecule has 1 heterocycles. The molecule has 8 heteroatoms. The quantitative estimate of drug-likeness (QED) is 0.763. The highest BCUT2D eigenvalue weighted by atomic mass is 32.2. The second-order valence-electron chi connectivity index (χ2n) is 2.81. The number of nitrogens with one attached hydrogen (secondary N) is 1. The molecule has 2 N–H and O–H groups in total. The molecule has 0 aliphatic heterocycles. The Labute approximate surface area is 102 Å². The standard InChI is InChI=1S/C8H11NO4S3/c1-14-5-3-9-16(12,13)6-2-4-15-7(6)8(10)11/h2,4,9H,3,5H2,1H3,(H,10,11). The Morgan fingerprint density at radius 1 is 1.62 bits per heavy atom. The van der Waals surface area contributed by atoms with E-state index >= 15 is 0 Å². The minimum absolute atomic E-state index is 0.156. The smallest absolute Gasteiger partial charge is 0.347 e. The van der Waals surface area contributed by atoms with Gasteiger partial charge in [0.25, 0.3) is 0 Å². The summed E-state index contributed by atoms with van der Waals surface area (Å²) in [4.78, 5) is 10.5. The monoisotopic (exact) mass is 281 g/mol. The Hall–Kier alpha value is -0.570. The van der Waals surface area contributed by atoms with E-state index in [2.05, 4.69) is 4.72 Å². The van der Waals surface area contributed by atoms with Crippen LogP contribution in [0.3, 0.4) is 0 Å². The van der Waals surface area contributed by atoms with Crippen LogP contribution in [-0.2, 0) is 10.0 Å². The van der Waals surface area contributed by atoms with Crippen LogP contribution >= 0.6 is 23.1 Å². The van der Waals surface area contributed by atoms with Crippen LogP contribution in [0.5, 0.6) is 0 Å². The molecule has 0 amide bonds. The van der Waals surface area contributed by atoms with E-state index in [9.17, 15) is 13.2 Å². The first-order valence-electron chi connectivity index (χ1n) is 4.28. The van der Waals surface area contributed by atoms with Gasteiger partial charge in [0.2, 0.25) is 10.0 Å². The van der Waals surface area contributed by atoms with Crippen LogP contribution < -0.4 is 4.72 Å². The van der Waals surface area contributed by atoms with E-state index in [-0.39, 0.29) is 9.77 Å². The third-order valence-corrected chi connectivity index (χ3v) is 4.86. The van der Waals surface area contributed by atoms with Gasteiger partial charge in [0.15, 0.2) is 0 Å². The van der Waals surface area contributed by atoms with Crippen molar-refractivity contribution in [3.8, 4) is 0 Å². The molecule has 0 saturated carbocycles. The van der Waals surface area contributed by atoms with Crippen molar-refractivity contribution in [3.05, 3.63) is 16.3 Å². The van der Waals surface area contributed by atoms with Gasteiger partial charge in [-0.2, -0.15) is 11.8 Å². The number of carboxylic acids is 1. The average molecular weight is 281 g/mol. The van der Waals surface area contributed by atoms with Crippen LogP contribution in [0, 0.1) is 0 Å². The minimum atomic E-state index is -3.70. The summed E-state index contributed by atoms with van der Waals surface area (Å²) in [6, 6.07) is 1.30. The number of sulfonamides is 1. The van der Waals surface area contributed by atoms with Gasteiger partial charge in [-0.3, -0.25) is 0 Å². The molecule has 1 aromatic rings. The first kappa shape index (κ1) is 13.5. The van der Waals surface area contributed by atoms with Crippen molar-refractivity contribution in [1.82, 2.24) is 4.72 Å². The SMILES string of the molecule is CSCCNS(=O)(=O)c1ccsc1C(=O)O. The van der Waals surface area contributed by atoms with Gasteiger partial charge in [0.05, 0.1) is 0 Å². The highest BCUT2D eigenvalue weighted by Crippen LogP contribution is 2.21. The third kappa shape index (κ3) is 3.21. The van der Waals surface area contributed by atoms with Crippen LogP contribution in [0.25, 0.3) is 0 Å². The summed E-state index contributed by atoms with van der Waals surface area (Å²) in [5.74, 6) is -0.577. The summed E-state index contributed by atoms with van der Waals surface area (Å²) >= 11 is 2.41. The molecule has 5 nitrogen and oxygen atoms in total. The fourth-order valence-corrected chi connectivity index (χ4v) is 3.75. The van der Waals surface area contributed by atoms with E-state index < -0.39 is 16.0 Å². The van der Waals surface area contributed by atoms with Gasteiger partial charge in [0, 0.05) is 12.3 Å². The van der Waals surface area contributed by atoms with Crippen LogP contribution in [0.1, 0.15) is 9.67 Å². The lowest BCUT2D eigenvalue weighted by Crippen LogP contribution is -2.26. The zero-order valence-electron chi connectivity index (χ0n) is 8.47. The van der Waals surface area contributed by atoms with Gasteiger partial charge in [0.1, 0.15) is 9.77 Å². The Morgan fingerprint density at radius 3 is 2.88 bits per heavy atom. The first-order chi connectivity index (χ1) is 7.49. The summed E-state index contributed by atoms with van der Waals surface area (Å²) in [7, 11) is -3.70. The van der Waals surface area contributed by atoms with E-state index in [1.807, 2.05) is 6.26 Å². The molecule has 0 saturated heterocycles. The number of aromatic carboxylic acids is 1. The number of thiophene rings is 1. The van der Waals surface area contributed by atoms with Crippen molar-refractivity contribution in [2.45, 2.75) is 4.90 Å². The molecule has 0 radical (unpaired) electrons. The molecule has 16 heavy (non-hydrogen) atoms. The highest BCUT2D eigenvalue weighted by Gasteiger charge is 2.22. The Balaban J connectivity index is 2.90. The van der Waals surface area contributed by atoms with Crippen molar-refractivity contribution in [1.29, 1.82) is 0 Å². The van der Waals surface area contributed by atoms with Crippen molar-refractivity contribution in [3.63, 3.8) is 0 Å². The number of thioether (sulfide) groups is 1. The summed E-state index contributed by atoms with van der Waals surface area (Å²) in [6.07, 6.45) is 1.86. The van der Waals surface area contributed by atoms with Crippen molar-refractivity contribution < 1.29 is 18.3 Å². The number of carbonyl (C=O) groups is 1. The number of hydrogen-bond donors (Lipinski definition) is 2. The Bertz CT molecular complexity index is 465. The van der Waals surface area contributed by atoms with Crippen molar-refractivity contribution in [2.24, 2.45) is 0 Å². The van der Waals surface area contributed by atoms with Gasteiger partial charge in [-0.1, -0.05) is 0 Å². The molecule has 0 spiro atoms. The average Bonchev–Trinajstić information content (AvgIpc) is 2.66. The van der Waals surface area contributed by atoms with Gasteiger partial charge in [-0.25, -0.2) is 17.9 Å². The van der Waals surface area contributed by atoms with Crippen molar-refractivity contribution in [2.75, 3.05) is 18.6 Å². The lowest BCUT2D eigenvalue weighted by molar-refractivity contribution is 0.0698. The summed E-state index contributed by atoms with van der Waals surface area (Å²) in [5.41, 5.74) is 0. The number of hydrogen-bond acceptors (Lipinski definition) is 5. The molecule has 1 rings (SSSR count). The maximum absolute atomic E-state index is 11.7. The molecule has 1 aromatic heterocycles. The second kappa shape index (κ2) is 5.67. The van der Waals surface area contributed by atoms with Gasteiger partial charge < -0.3 is 5.11 Å². The summed E-state index contributed by atoms with van der Waals surface area (Å²) in [5, 5.41) is 10.3. The fourth-order valence-electron chi connectivity index (χ4n) is 1.02. The summed E-state index contributed by atoms with van der Waals surface area (Å²) in [6.45, 7) is 0.290. The van der Waals surface area contributed by atoms with Crippen LogP contribution in [-0.4, -0.2) is 38.0 Å². The predicted octanol–water partition coefficient (Wildman–Crippen LogP) is 1.09. The van der Waals surface area contributed by atoms with Crippen LogP contribution in [0.4, 0.5) is 0 Å². The number of carboxylic acid groups (broad SMARTS) is 1. The van der Waals surface area contributed by atoms with E-state index in [4.69, 9.17) is 5.11 Å². The van der Waals surface area contributed by atoms with Gasteiger partial charge in [-0.15, -0.1) is 11.3 Å². The third-order valence-electron chi connectivity index (χ3n) is 1.71.